The van der Waals surface area contributed by atoms with E-state index >= 15 is 0 Å². The third-order valence-corrected chi connectivity index (χ3v) is 2.99. The van der Waals surface area contributed by atoms with Crippen LogP contribution in [0.1, 0.15) is 17.5 Å². The number of aliphatic hydroxyl groups is 1. The molecule has 0 heterocycles. The molecule has 2 rings (SSSR count). The van der Waals surface area contributed by atoms with Gasteiger partial charge in [0.05, 0.1) is 18.0 Å². The smallest absolute Gasteiger partial charge is 0.303 e. The molecule has 0 aliphatic rings. The van der Waals surface area contributed by atoms with Crippen molar-refractivity contribution in [2.75, 3.05) is 0 Å². The molecule has 0 aliphatic heterocycles. The number of nitrogens with zero attached hydrogens (tertiary/aromatic N) is 2. The molecule has 0 fully saturated rings. The maximum Gasteiger partial charge on any atom is 0.303 e. The van der Waals surface area contributed by atoms with Crippen LogP contribution in [0.4, 0.5) is 11.4 Å². The highest BCUT2D eigenvalue weighted by atomic mass is 16.4. The summed E-state index contributed by atoms with van der Waals surface area (Å²) in [5.41, 5.74) is 3.02. The van der Waals surface area contributed by atoms with Crippen molar-refractivity contribution in [2.24, 2.45) is 10.2 Å². The fraction of sp³-hybridized carbons (Fsp3) is 0.188. The normalized spacial score (nSPS) is 10.9. The summed E-state index contributed by atoms with van der Waals surface area (Å²) in [6, 6.07) is 14.5. The van der Waals surface area contributed by atoms with E-state index in [1.54, 1.807) is 24.3 Å². The predicted octanol–water partition coefficient (Wildman–Crippen LogP) is 3.61. The number of carboxylic acid groups (broad SMARTS) is 1. The minimum absolute atomic E-state index is 0.00452. The van der Waals surface area contributed by atoms with Crippen LogP contribution in [0.25, 0.3) is 0 Å². The van der Waals surface area contributed by atoms with Gasteiger partial charge in [0.1, 0.15) is 0 Å². The van der Waals surface area contributed by atoms with Gasteiger partial charge in [-0.25, -0.2) is 0 Å². The van der Waals surface area contributed by atoms with Crippen LogP contribution in [0.15, 0.2) is 58.8 Å². The van der Waals surface area contributed by atoms with Crippen molar-refractivity contribution in [1.29, 1.82) is 0 Å². The average Bonchev–Trinajstić information content (AvgIpc) is 2.52. The van der Waals surface area contributed by atoms with Gasteiger partial charge in [0.15, 0.2) is 0 Å². The van der Waals surface area contributed by atoms with Gasteiger partial charge in [0.25, 0.3) is 0 Å². The molecular formula is C16H16N2O3. The van der Waals surface area contributed by atoms with Gasteiger partial charge >= 0.3 is 5.97 Å². The zero-order chi connectivity index (χ0) is 15.1. The van der Waals surface area contributed by atoms with E-state index in [1.807, 2.05) is 24.3 Å². The van der Waals surface area contributed by atoms with Gasteiger partial charge < -0.3 is 10.2 Å². The second-order valence-electron chi connectivity index (χ2n) is 4.55. The molecule has 0 aliphatic carbocycles. The Hall–Kier alpha value is -2.53. The Bertz CT molecular complexity index is 636. The number of benzene rings is 2. The van der Waals surface area contributed by atoms with Crippen LogP contribution in [0.5, 0.6) is 0 Å². The summed E-state index contributed by atoms with van der Waals surface area (Å²) in [6.45, 7) is -0.00452. The number of carbonyl (C=O) groups is 1. The minimum atomic E-state index is -0.832. The maximum absolute atomic E-state index is 10.6. The Kier molecular flexibility index (Phi) is 5.17. The topological polar surface area (TPSA) is 82.2 Å². The van der Waals surface area contributed by atoms with Crippen molar-refractivity contribution in [2.45, 2.75) is 19.4 Å². The summed E-state index contributed by atoms with van der Waals surface area (Å²) in [5, 5.41) is 26.0. The monoisotopic (exact) mass is 284 g/mol. The van der Waals surface area contributed by atoms with Gasteiger partial charge in [-0.2, -0.15) is 10.2 Å². The Balaban J connectivity index is 2.13. The first-order chi connectivity index (χ1) is 10.2. The van der Waals surface area contributed by atoms with Crippen LogP contribution in [0, 0.1) is 0 Å². The van der Waals surface area contributed by atoms with E-state index in [4.69, 9.17) is 10.2 Å². The Morgan fingerprint density at radius 1 is 1.00 bits per heavy atom. The molecule has 0 aromatic heterocycles. The molecule has 0 atom stereocenters. The number of carboxylic acids is 1. The lowest BCUT2D eigenvalue weighted by Crippen LogP contribution is -1.97. The number of aliphatic carboxylic acids is 1. The lowest BCUT2D eigenvalue weighted by Gasteiger charge is -2.02. The fourth-order valence-electron chi connectivity index (χ4n) is 1.84. The Labute approximate surface area is 122 Å². The first-order valence-electron chi connectivity index (χ1n) is 6.60. The highest BCUT2D eigenvalue weighted by Crippen LogP contribution is 2.23. The largest absolute Gasteiger partial charge is 0.481 e. The zero-order valence-electron chi connectivity index (χ0n) is 11.4. The predicted molar refractivity (Wildman–Crippen MR) is 78.9 cm³/mol. The highest BCUT2D eigenvalue weighted by molar-refractivity contribution is 5.67. The molecule has 108 valence electrons. The third-order valence-electron chi connectivity index (χ3n) is 2.99. The summed E-state index contributed by atoms with van der Waals surface area (Å²) < 4.78 is 0. The van der Waals surface area contributed by atoms with Crippen molar-refractivity contribution in [1.82, 2.24) is 0 Å². The van der Waals surface area contributed by atoms with Crippen molar-refractivity contribution in [3.8, 4) is 0 Å². The lowest BCUT2D eigenvalue weighted by molar-refractivity contribution is -0.136. The lowest BCUT2D eigenvalue weighted by atomic mass is 10.1. The Morgan fingerprint density at radius 2 is 1.71 bits per heavy atom. The maximum atomic E-state index is 10.6. The molecule has 0 saturated carbocycles. The number of hydrogen-bond donors (Lipinski definition) is 2. The SMILES string of the molecule is O=C(O)CCc1ccccc1N=Nc1ccc(CO)cc1. The first-order valence-corrected chi connectivity index (χ1v) is 6.60. The van der Waals surface area contributed by atoms with Gasteiger partial charge in [-0.3, -0.25) is 4.79 Å². The van der Waals surface area contributed by atoms with E-state index in [0.717, 1.165) is 11.1 Å². The molecular weight excluding hydrogens is 268 g/mol. The van der Waals surface area contributed by atoms with Gasteiger partial charge in [0, 0.05) is 6.42 Å². The fourth-order valence-corrected chi connectivity index (χ4v) is 1.84. The molecule has 5 heteroatoms. The van der Waals surface area contributed by atoms with Crippen LogP contribution < -0.4 is 0 Å². The summed E-state index contributed by atoms with van der Waals surface area (Å²) in [6.07, 6.45) is 0.492. The summed E-state index contributed by atoms with van der Waals surface area (Å²) in [5.74, 6) is -0.832. The quantitative estimate of drug-likeness (QED) is 0.795. The van der Waals surface area contributed by atoms with Crippen LogP contribution in [0.3, 0.4) is 0 Å². The van der Waals surface area contributed by atoms with Gasteiger partial charge in [-0.05, 0) is 35.7 Å². The molecule has 0 amide bonds. The molecule has 21 heavy (non-hydrogen) atoms. The van der Waals surface area contributed by atoms with E-state index in [-0.39, 0.29) is 13.0 Å². The van der Waals surface area contributed by atoms with E-state index in [1.165, 1.54) is 0 Å². The average molecular weight is 284 g/mol. The zero-order valence-corrected chi connectivity index (χ0v) is 11.4. The number of hydrogen-bond acceptors (Lipinski definition) is 4. The molecule has 0 bridgehead atoms. The molecule has 0 unspecified atom stereocenters. The summed E-state index contributed by atoms with van der Waals surface area (Å²) in [7, 11) is 0. The standard InChI is InChI=1S/C16H16N2O3/c19-11-12-5-8-14(9-6-12)17-18-15-4-2-1-3-13(15)7-10-16(20)21/h1-6,8-9,19H,7,10-11H2,(H,20,21). The Morgan fingerprint density at radius 3 is 2.38 bits per heavy atom. The van der Waals surface area contributed by atoms with E-state index in [0.29, 0.717) is 17.8 Å². The van der Waals surface area contributed by atoms with Crippen LogP contribution in [-0.4, -0.2) is 16.2 Å². The molecule has 0 radical (unpaired) electrons. The minimum Gasteiger partial charge on any atom is -0.481 e. The van der Waals surface area contributed by atoms with Crippen molar-refractivity contribution < 1.29 is 15.0 Å². The van der Waals surface area contributed by atoms with Crippen molar-refractivity contribution >= 4 is 17.3 Å². The van der Waals surface area contributed by atoms with Crippen molar-refractivity contribution in [3.63, 3.8) is 0 Å². The molecule has 2 aromatic rings. The van der Waals surface area contributed by atoms with E-state index in [9.17, 15) is 4.79 Å². The van der Waals surface area contributed by atoms with Crippen LogP contribution >= 0.6 is 0 Å². The number of aliphatic hydroxyl groups excluding tert-OH is 1. The van der Waals surface area contributed by atoms with E-state index in [2.05, 4.69) is 10.2 Å². The number of rotatable bonds is 6. The second-order valence-corrected chi connectivity index (χ2v) is 4.55. The van der Waals surface area contributed by atoms with Crippen LogP contribution in [0.2, 0.25) is 0 Å². The molecule has 2 N–H and O–H groups in total. The first kappa shape index (κ1) is 14.9. The molecule has 0 spiro atoms. The summed E-state index contributed by atoms with van der Waals surface area (Å²) in [4.78, 5) is 10.6. The third kappa shape index (κ3) is 4.50. The van der Waals surface area contributed by atoms with Gasteiger partial charge in [0.2, 0.25) is 0 Å². The second kappa shape index (κ2) is 7.31. The van der Waals surface area contributed by atoms with Gasteiger partial charge in [-0.15, -0.1) is 0 Å². The van der Waals surface area contributed by atoms with E-state index < -0.39 is 5.97 Å². The molecule has 2 aromatic carbocycles. The number of aryl methyl sites for hydroxylation is 1. The van der Waals surface area contributed by atoms with Gasteiger partial charge in [-0.1, -0.05) is 30.3 Å². The van der Waals surface area contributed by atoms with Crippen molar-refractivity contribution in [3.05, 3.63) is 59.7 Å². The summed E-state index contributed by atoms with van der Waals surface area (Å²) >= 11 is 0. The molecule has 5 nitrogen and oxygen atoms in total. The van der Waals surface area contributed by atoms with Crippen LogP contribution in [-0.2, 0) is 17.8 Å². The highest BCUT2D eigenvalue weighted by Gasteiger charge is 2.04. The number of azo groups is 1. The molecule has 0 saturated heterocycles.